The molecule has 0 radical (unpaired) electrons. The molecule has 1 heterocycles. The van der Waals surface area contributed by atoms with Gasteiger partial charge in [-0.1, -0.05) is 0 Å². The largest absolute Gasteiger partial charge is 0.392 e. The monoisotopic (exact) mass is 147 g/mol. The van der Waals surface area contributed by atoms with Crippen LogP contribution in [0.15, 0.2) is 0 Å². The summed E-state index contributed by atoms with van der Waals surface area (Å²) in [7, 11) is 0. The lowest BCUT2D eigenvalue weighted by atomic mass is 10.1. The molecule has 1 aliphatic rings. The molecule has 0 unspecified atom stereocenters. The molecule has 0 bridgehead atoms. The average Bonchev–Trinajstić information content (AvgIpc) is 1.96. The summed E-state index contributed by atoms with van der Waals surface area (Å²) in [5.74, 6) is 0. The van der Waals surface area contributed by atoms with Gasteiger partial charge in [0, 0.05) is 19.5 Å². The summed E-state index contributed by atoms with van der Waals surface area (Å²) in [6.07, 6.45) is -1.80. The fraction of sp³-hybridized carbons (Fsp3) is 1.00. The summed E-state index contributed by atoms with van der Waals surface area (Å²) in [5, 5.41) is 30.0. The van der Waals surface area contributed by atoms with Crippen LogP contribution in [0.3, 0.4) is 0 Å². The molecule has 4 nitrogen and oxygen atoms in total. The average molecular weight is 147 g/mol. The molecule has 0 amide bonds. The minimum atomic E-state index is -0.787. The molecule has 1 saturated heterocycles. The van der Waals surface area contributed by atoms with Crippen molar-refractivity contribution in [2.75, 3.05) is 13.1 Å². The van der Waals surface area contributed by atoms with Crippen molar-refractivity contribution in [1.82, 2.24) is 5.32 Å². The number of hydrogen-bond acceptors (Lipinski definition) is 4. The fourth-order valence-electron chi connectivity index (χ4n) is 1.05. The smallest absolute Gasteiger partial charge is 0.0924 e. The van der Waals surface area contributed by atoms with E-state index in [0.29, 0.717) is 13.1 Å². The van der Waals surface area contributed by atoms with E-state index in [2.05, 4.69) is 5.32 Å². The molecular weight excluding hydrogens is 134 g/mol. The summed E-state index contributed by atoms with van der Waals surface area (Å²) in [6.45, 7) is 0.812. The summed E-state index contributed by atoms with van der Waals surface area (Å²) >= 11 is 0. The molecule has 0 aromatic rings. The van der Waals surface area contributed by atoms with Crippen LogP contribution in [0, 0.1) is 0 Å². The molecule has 60 valence electrons. The number of nitrogens with one attached hydrogen (secondary N) is 1. The Balaban J connectivity index is 2.41. The second-order valence-electron chi connectivity index (χ2n) is 2.68. The van der Waals surface area contributed by atoms with E-state index in [1.165, 1.54) is 0 Å². The number of aliphatic hydroxyl groups excluding tert-OH is 3. The molecule has 10 heavy (non-hydrogen) atoms. The van der Waals surface area contributed by atoms with Crippen molar-refractivity contribution in [2.45, 2.75) is 24.7 Å². The minimum absolute atomic E-state index is 0.258. The Morgan fingerprint density at radius 1 is 1.00 bits per heavy atom. The Hall–Kier alpha value is -0.160. The Bertz CT molecular complexity index is 109. The maximum atomic E-state index is 9.08. The Morgan fingerprint density at radius 3 is 2.40 bits per heavy atom. The fourth-order valence-corrected chi connectivity index (χ4v) is 1.05. The highest BCUT2D eigenvalue weighted by Crippen LogP contribution is 2.05. The van der Waals surface area contributed by atoms with Crippen molar-refractivity contribution in [3.05, 3.63) is 0 Å². The van der Waals surface area contributed by atoms with Gasteiger partial charge in [-0.2, -0.15) is 0 Å². The molecule has 0 aliphatic carbocycles. The van der Waals surface area contributed by atoms with E-state index >= 15 is 0 Å². The topological polar surface area (TPSA) is 72.7 Å². The molecule has 1 fully saturated rings. The second kappa shape index (κ2) is 3.30. The Kier molecular flexibility index (Phi) is 2.62. The first-order valence-electron chi connectivity index (χ1n) is 3.45. The van der Waals surface area contributed by atoms with Crippen LogP contribution in [0.1, 0.15) is 6.42 Å². The van der Waals surface area contributed by atoms with E-state index in [-0.39, 0.29) is 6.42 Å². The van der Waals surface area contributed by atoms with Crippen molar-refractivity contribution >= 4 is 0 Å². The third kappa shape index (κ3) is 1.91. The van der Waals surface area contributed by atoms with Gasteiger partial charge in [0.25, 0.3) is 0 Å². The van der Waals surface area contributed by atoms with Gasteiger partial charge in [0.05, 0.1) is 18.3 Å². The lowest BCUT2D eigenvalue weighted by Gasteiger charge is -2.13. The lowest BCUT2D eigenvalue weighted by Crippen LogP contribution is -2.32. The molecule has 4 heteroatoms. The van der Waals surface area contributed by atoms with Crippen molar-refractivity contribution in [3.63, 3.8) is 0 Å². The lowest BCUT2D eigenvalue weighted by molar-refractivity contribution is 0.00544. The third-order valence-electron chi connectivity index (χ3n) is 1.69. The first kappa shape index (κ1) is 7.94. The van der Waals surface area contributed by atoms with Crippen LogP contribution in [-0.4, -0.2) is 46.7 Å². The molecule has 1 aliphatic heterocycles. The highest BCUT2D eigenvalue weighted by Gasteiger charge is 2.22. The van der Waals surface area contributed by atoms with E-state index < -0.39 is 18.3 Å². The Labute approximate surface area is 59.5 Å². The van der Waals surface area contributed by atoms with Gasteiger partial charge in [-0.25, -0.2) is 0 Å². The van der Waals surface area contributed by atoms with Crippen LogP contribution >= 0.6 is 0 Å². The van der Waals surface area contributed by atoms with Crippen LogP contribution in [-0.2, 0) is 0 Å². The summed E-state index contributed by atoms with van der Waals surface area (Å²) < 4.78 is 0. The van der Waals surface area contributed by atoms with Crippen LogP contribution in [0.2, 0.25) is 0 Å². The van der Waals surface area contributed by atoms with Crippen molar-refractivity contribution in [2.24, 2.45) is 0 Å². The number of rotatable bonds is 0. The Morgan fingerprint density at radius 2 is 1.70 bits per heavy atom. The van der Waals surface area contributed by atoms with Gasteiger partial charge in [0.2, 0.25) is 0 Å². The van der Waals surface area contributed by atoms with Crippen LogP contribution in [0.4, 0.5) is 0 Å². The number of aliphatic hydroxyl groups is 3. The number of hydrogen-bond donors (Lipinski definition) is 4. The van der Waals surface area contributed by atoms with Gasteiger partial charge in [-0.3, -0.25) is 0 Å². The third-order valence-corrected chi connectivity index (χ3v) is 1.69. The van der Waals surface area contributed by atoms with Gasteiger partial charge in [-0.15, -0.1) is 0 Å². The molecule has 1 rings (SSSR count). The van der Waals surface area contributed by atoms with Crippen LogP contribution < -0.4 is 5.32 Å². The van der Waals surface area contributed by atoms with E-state index in [0.717, 1.165) is 0 Å². The number of β-amino-alcohol motifs (C(OH)–C–C–N with tert-alkyl or cyclic N) is 2. The molecular formula is C6H13NO3. The van der Waals surface area contributed by atoms with E-state index in [4.69, 9.17) is 15.3 Å². The maximum absolute atomic E-state index is 9.08. The van der Waals surface area contributed by atoms with Crippen molar-refractivity contribution in [1.29, 1.82) is 0 Å². The summed E-state index contributed by atoms with van der Waals surface area (Å²) in [4.78, 5) is 0. The SMILES string of the molecule is O[C@@H]1CNC[C@H](O)[C@H](O)C1. The minimum Gasteiger partial charge on any atom is -0.392 e. The molecule has 3 atom stereocenters. The predicted octanol–water partition coefficient (Wildman–Crippen LogP) is -1.94. The molecule has 0 aromatic carbocycles. The van der Waals surface area contributed by atoms with Gasteiger partial charge in [0.15, 0.2) is 0 Å². The highest BCUT2D eigenvalue weighted by molar-refractivity contribution is 4.78. The molecule has 4 N–H and O–H groups in total. The molecule has 0 aromatic heterocycles. The predicted molar refractivity (Wildman–Crippen MR) is 35.5 cm³/mol. The van der Waals surface area contributed by atoms with E-state index in [1.807, 2.05) is 0 Å². The molecule has 0 spiro atoms. The first-order chi connectivity index (χ1) is 4.70. The van der Waals surface area contributed by atoms with E-state index in [9.17, 15) is 0 Å². The zero-order valence-corrected chi connectivity index (χ0v) is 5.70. The zero-order chi connectivity index (χ0) is 7.56. The van der Waals surface area contributed by atoms with Gasteiger partial charge >= 0.3 is 0 Å². The van der Waals surface area contributed by atoms with Crippen LogP contribution in [0.5, 0.6) is 0 Å². The van der Waals surface area contributed by atoms with Gasteiger partial charge in [-0.05, 0) is 0 Å². The summed E-state index contributed by atoms with van der Waals surface area (Å²) in [5.41, 5.74) is 0. The van der Waals surface area contributed by atoms with Gasteiger partial charge in [0.1, 0.15) is 0 Å². The van der Waals surface area contributed by atoms with Crippen molar-refractivity contribution < 1.29 is 15.3 Å². The summed E-state index contributed by atoms with van der Waals surface area (Å²) in [6, 6.07) is 0. The second-order valence-corrected chi connectivity index (χ2v) is 2.68. The van der Waals surface area contributed by atoms with Crippen molar-refractivity contribution in [3.8, 4) is 0 Å². The zero-order valence-electron chi connectivity index (χ0n) is 5.70. The van der Waals surface area contributed by atoms with Crippen LogP contribution in [0.25, 0.3) is 0 Å². The molecule has 0 saturated carbocycles. The normalized spacial score (nSPS) is 42.9. The van der Waals surface area contributed by atoms with E-state index in [1.54, 1.807) is 0 Å². The quantitative estimate of drug-likeness (QED) is 0.322. The maximum Gasteiger partial charge on any atom is 0.0924 e. The highest BCUT2D eigenvalue weighted by atomic mass is 16.3. The van der Waals surface area contributed by atoms with Gasteiger partial charge < -0.3 is 20.6 Å². The first-order valence-corrected chi connectivity index (χ1v) is 3.45. The standard InChI is InChI=1S/C6H13NO3/c8-4-1-5(9)6(10)3-7-2-4/h4-10H,1-3H2/t4-,5+,6-/m0/s1.